The number of imidazole rings is 1. The number of aromatic nitrogens is 2. The minimum Gasteiger partial charge on any atom is -0.325 e. The van der Waals surface area contributed by atoms with Gasteiger partial charge in [0.1, 0.15) is 0 Å². The summed E-state index contributed by atoms with van der Waals surface area (Å²) in [6, 6.07) is 4.20. The third kappa shape index (κ3) is 3.07. The first-order valence-corrected chi connectivity index (χ1v) is 6.99. The molecule has 0 unspecified atom stereocenters. The van der Waals surface area contributed by atoms with Crippen LogP contribution in [0.1, 0.15) is 16.8 Å². The Kier molecular flexibility index (Phi) is 4.10. The average molecular weight is 320 g/mol. The van der Waals surface area contributed by atoms with Crippen molar-refractivity contribution in [1.82, 2.24) is 9.55 Å². The molecular formula is C15H18BrN3. The van der Waals surface area contributed by atoms with E-state index in [0.29, 0.717) is 0 Å². The molecule has 0 saturated carbocycles. The second-order valence-electron chi connectivity index (χ2n) is 4.69. The monoisotopic (exact) mass is 319 g/mol. The van der Waals surface area contributed by atoms with Gasteiger partial charge in [-0.25, -0.2) is 4.98 Å². The third-order valence-corrected chi connectivity index (χ3v) is 3.41. The summed E-state index contributed by atoms with van der Waals surface area (Å²) in [5.41, 5.74) is 4.49. The van der Waals surface area contributed by atoms with Crippen LogP contribution in [-0.2, 0) is 6.54 Å². The van der Waals surface area contributed by atoms with Crippen molar-refractivity contribution in [2.24, 2.45) is 0 Å². The molecule has 3 nitrogen and oxygen atoms in total. The van der Waals surface area contributed by atoms with Crippen LogP contribution in [0.2, 0.25) is 0 Å². The van der Waals surface area contributed by atoms with Gasteiger partial charge in [0.2, 0.25) is 5.95 Å². The Morgan fingerprint density at radius 3 is 2.53 bits per heavy atom. The maximum absolute atomic E-state index is 4.52. The molecule has 0 saturated heterocycles. The molecule has 19 heavy (non-hydrogen) atoms. The van der Waals surface area contributed by atoms with E-state index in [0.717, 1.165) is 28.3 Å². The van der Waals surface area contributed by atoms with Gasteiger partial charge in [0.05, 0.1) is 5.69 Å². The molecule has 0 atom stereocenters. The summed E-state index contributed by atoms with van der Waals surface area (Å²) in [6.45, 7) is 10.7. The SMILES string of the molecule is C=CCn1cc(C)nc1Nc1c(C)cc(Br)cc1C. The maximum Gasteiger partial charge on any atom is 0.207 e. The largest absolute Gasteiger partial charge is 0.325 e. The molecular weight excluding hydrogens is 302 g/mol. The van der Waals surface area contributed by atoms with Crippen LogP contribution in [-0.4, -0.2) is 9.55 Å². The smallest absolute Gasteiger partial charge is 0.207 e. The second kappa shape index (κ2) is 5.61. The molecule has 0 radical (unpaired) electrons. The van der Waals surface area contributed by atoms with Gasteiger partial charge in [0.25, 0.3) is 0 Å². The van der Waals surface area contributed by atoms with Gasteiger partial charge in [-0.3, -0.25) is 0 Å². The molecule has 2 aromatic rings. The topological polar surface area (TPSA) is 29.9 Å². The fourth-order valence-corrected chi connectivity index (χ4v) is 2.83. The first-order valence-electron chi connectivity index (χ1n) is 6.19. The molecule has 0 aliphatic heterocycles. The molecule has 4 heteroatoms. The highest BCUT2D eigenvalue weighted by Crippen LogP contribution is 2.27. The van der Waals surface area contributed by atoms with E-state index in [1.165, 1.54) is 11.1 Å². The van der Waals surface area contributed by atoms with Crippen molar-refractivity contribution in [3.63, 3.8) is 0 Å². The first-order chi connectivity index (χ1) is 9.01. The summed E-state index contributed by atoms with van der Waals surface area (Å²) in [5, 5.41) is 3.43. The quantitative estimate of drug-likeness (QED) is 0.841. The van der Waals surface area contributed by atoms with E-state index < -0.39 is 0 Å². The zero-order chi connectivity index (χ0) is 14.0. The van der Waals surface area contributed by atoms with Gasteiger partial charge >= 0.3 is 0 Å². The molecule has 0 fully saturated rings. The fraction of sp³-hybridized carbons (Fsp3) is 0.267. The minimum atomic E-state index is 0.748. The lowest BCUT2D eigenvalue weighted by molar-refractivity contribution is 0.831. The third-order valence-electron chi connectivity index (χ3n) is 2.96. The van der Waals surface area contributed by atoms with Crippen molar-refractivity contribution in [1.29, 1.82) is 0 Å². The van der Waals surface area contributed by atoms with E-state index >= 15 is 0 Å². The predicted molar refractivity (Wildman–Crippen MR) is 84.1 cm³/mol. The highest BCUT2D eigenvalue weighted by Gasteiger charge is 2.09. The lowest BCUT2D eigenvalue weighted by Gasteiger charge is -2.13. The van der Waals surface area contributed by atoms with E-state index in [4.69, 9.17) is 0 Å². The molecule has 0 amide bonds. The van der Waals surface area contributed by atoms with Crippen LogP contribution in [0.4, 0.5) is 11.6 Å². The van der Waals surface area contributed by atoms with Crippen molar-refractivity contribution in [2.45, 2.75) is 27.3 Å². The lowest BCUT2D eigenvalue weighted by Crippen LogP contribution is -2.04. The summed E-state index contributed by atoms with van der Waals surface area (Å²) >= 11 is 3.51. The van der Waals surface area contributed by atoms with Gasteiger partial charge in [-0.05, 0) is 44.0 Å². The summed E-state index contributed by atoms with van der Waals surface area (Å²) < 4.78 is 3.15. The van der Waals surface area contributed by atoms with E-state index in [2.05, 4.69) is 63.4 Å². The van der Waals surface area contributed by atoms with Crippen molar-refractivity contribution in [2.75, 3.05) is 5.32 Å². The Bertz CT molecular complexity index is 591. The van der Waals surface area contributed by atoms with Gasteiger partial charge in [0.15, 0.2) is 0 Å². The molecule has 0 aliphatic rings. The van der Waals surface area contributed by atoms with Crippen LogP contribution in [0.25, 0.3) is 0 Å². The molecule has 2 rings (SSSR count). The van der Waals surface area contributed by atoms with Crippen LogP contribution in [0, 0.1) is 20.8 Å². The number of hydrogen-bond donors (Lipinski definition) is 1. The number of benzene rings is 1. The molecule has 0 spiro atoms. The normalized spacial score (nSPS) is 10.5. The number of halogens is 1. The molecule has 1 heterocycles. The lowest BCUT2D eigenvalue weighted by atomic mass is 10.1. The standard InChI is InChI=1S/C15H18BrN3/c1-5-6-19-9-12(4)17-15(19)18-14-10(2)7-13(16)8-11(14)3/h5,7-9H,1,6H2,2-4H3,(H,17,18). The van der Waals surface area contributed by atoms with Crippen LogP contribution >= 0.6 is 15.9 Å². The van der Waals surface area contributed by atoms with Gasteiger partial charge in [-0.15, -0.1) is 6.58 Å². The number of hydrogen-bond acceptors (Lipinski definition) is 2. The zero-order valence-electron chi connectivity index (χ0n) is 11.5. The fourth-order valence-electron chi connectivity index (χ4n) is 2.14. The average Bonchev–Trinajstić information content (AvgIpc) is 2.64. The molecule has 0 aliphatic carbocycles. The van der Waals surface area contributed by atoms with Crippen molar-refractivity contribution in [3.8, 4) is 0 Å². The highest BCUT2D eigenvalue weighted by molar-refractivity contribution is 9.10. The van der Waals surface area contributed by atoms with E-state index in [-0.39, 0.29) is 0 Å². The molecule has 1 aromatic carbocycles. The van der Waals surface area contributed by atoms with Crippen molar-refractivity contribution >= 4 is 27.6 Å². The predicted octanol–water partition coefficient (Wildman–Crippen LogP) is 4.50. The Balaban J connectivity index is 2.38. The van der Waals surface area contributed by atoms with Crippen LogP contribution in [0.3, 0.4) is 0 Å². The molecule has 0 bridgehead atoms. The molecule has 100 valence electrons. The summed E-state index contributed by atoms with van der Waals surface area (Å²) in [7, 11) is 0. The molecule has 1 N–H and O–H groups in total. The number of allylic oxidation sites excluding steroid dienone is 1. The number of nitrogens with zero attached hydrogens (tertiary/aromatic N) is 2. The Labute approximate surface area is 122 Å². The maximum atomic E-state index is 4.52. The number of rotatable bonds is 4. The number of aryl methyl sites for hydroxylation is 3. The number of anilines is 2. The zero-order valence-corrected chi connectivity index (χ0v) is 13.1. The Morgan fingerprint density at radius 2 is 1.95 bits per heavy atom. The van der Waals surface area contributed by atoms with Crippen LogP contribution < -0.4 is 5.32 Å². The van der Waals surface area contributed by atoms with Gasteiger partial charge in [0, 0.05) is 22.9 Å². The van der Waals surface area contributed by atoms with E-state index in [1.54, 1.807) is 0 Å². The summed E-state index contributed by atoms with van der Waals surface area (Å²) in [6.07, 6.45) is 3.89. The second-order valence-corrected chi connectivity index (χ2v) is 5.60. The molecule has 1 aromatic heterocycles. The highest BCUT2D eigenvalue weighted by atomic mass is 79.9. The minimum absolute atomic E-state index is 0.748. The van der Waals surface area contributed by atoms with Gasteiger partial charge in [-0.1, -0.05) is 22.0 Å². The van der Waals surface area contributed by atoms with E-state index in [1.807, 2.05) is 19.2 Å². The first kappa shape index (κ1) is 13.9. The summed E-state index contributed by atoms with van der Waals surface area (Å²) in [5.74, 6) is 0.853. The van der Waals surface area contributed by atoms with Crippen molar-refractivity contribution < 1.29 is 0 Å². The Morgan fingerprint density at radius 1 is 1.32 bits per heavy atom. The van der Waals surface area contributed by atoms with E-state index in [9.17, 15) is 0 Å². The number of nitrogens with one attached hydrogen (secondary N) is 1. The summed E-state index contributed by atoms with van der Waals surface area (Å²) in [4.78, 5) is 4.52. The Hall–Kier alpha value is -1.55. The van der Waals surface area contributed by atoms with Gasteiger partial charge < -0.3 is 9.88 Å². The van der Waals surface area contributed by atoms with Crippen LogP contribution in [0.15, 0.2) is 35.5 Å². The van der Waals surface area contributed by atoms with Gasteiger partial charge in [-0.2, -0.15) is 0 Å². The van der Waals surface area contributed by atoms with Crippen LogP contribution in [0.5, 0.6) is 0 Å². The van der Waals surface area contributed by atoms with Crippen molar-refractivity contribution in [3.05, 3.63) is 52.3 Å².